The van der Waals surface area contributed by atoms with Crippen LogP contribution in [0.2, 0.25) is 0 Å². The van der Waals surface area contributed by atoms with E-state index in [4.69, 9.17) is 5.73 Å². The van der Waals surface area contributed by atoms with Gasteiger partial charge >= 0.3 is 0 Å². The summed E-state index contributed by atoms with van der Waals surface area (Å²) in [4.78, 5) is 20.0. The molecular formula is C23H20FN3O. The topological polar surface area (TPSA) is 68.3 Å². The minimum atomic E-state index is -0.249. The number of carbonyl (C=O) groups excluding carboxylic acids is 1. The molecule has 2 aromatic carbocycles. The molecule has 1 heterocycles. The Morgan fingerprint density at radius 3 is 2.75 bits per heavy atom. The number of aromatic nitrogens is 1. The first-order valence-corrected chi connectivity index (χ1v) is 8.76. The summed E-state index contributed by atoms with van der Waals surface area (Å²) in [6, 6.07) is 14.3. The highest BCUT2D eigenvalue weighted by Crippen LogP contribution is 2.32. The number of ketones is 1. The van der Waals surface area contributed by atoms with Crippen LogP contribution in [0.15, 0.2) is 72.4 Å². The molecule has 0 saturated carbocycles. The lowest BCUT2D eigenvalue weighted by atomic mass is 9.96. The van der Waals surface area contributed by atoms with Crippen molar-refractivity contribution in [3.63, 3.8) is 0 Å². The summed E-state index contributed by atoms with van der Waals surface area (Å²) >= 11 is 0. The van der Waals surface area contributed by atoms with Crippen LogP contribution in [-0.2, 0) is 4.79 Å². The maximum Gasteiger partial charge on any atom is 0.176 e. The zero-order valence-corrected chi connectivity index (χ0v) is 15.5. The molecule has 140 valence electrons. The van der Waals surface area contributed by atoms with Gasteiger partial charge in [0.15, 0.2) is 5.78 Å². The highest BCUT2D eigenvalue weighted by atomic mass is 19.1. The number of halogens is 1. The van der Waals surface area contributed by atoms with Gasteiger partial charge < -0.3 is 5.73 Å². The van der Waals surface area contributed by atoms with E-state index in [1.54, 1.807) is 37.5 Å². The van der Waals surface area contributed by atoms with E-state index in [2.05, 4.69) is 16.6 Å². The molecule has 0 unspecified atom stereocenters. The van der Waals surface area contributed by atoms with Gasteiger partial charge in [-0.2, -0.15) is 0 Å². The van der Waals surface area contributed by atoms with Crippen LogP contribution in [0.3, 0.4) is 0 Å². The molecule has 3 rings (SSSR count). The predicted octanol–water partition coefficient (Wildman–Crippen LogP) is 4.62. The van der Waals surface area contributed by atoms with Gasteiger partial charge in [0.05, 0.1) is 5.69 Å². The lowest BCUT2D eigenvalue weighted by Gasteiger charge is -2.11. The Bertz CT molecular complexity index is 1070. The zero-order valence-electron chi connectivity index (χ0n) is 15.5. The Labute approximate surface area is 163 Å². The van der Waals surface area contributed by atoms with Gasteiger partial charge in [0.2, 0.25) is 0 Å². The van der Waals surface area contributed by atoms with Crippen molar-refractivity contribution in [1.29, 1.82) is 0 Å². The number of anilines is 1. The number of nitrogen functional groups attached to an aromatic ring is 1. The van der Waals surface area contributed by atoms with Gasteiger partial charge in [-0.25, -0.2) is 4.39 Å². The Balaban J connectivity index is 2.02. The summed E-state index contributed by atoms with van der Waals surface area (Å²) in [7, 11) is 0. The lowest BCUT2D eigenvalue weighted by molar-refractivity contribution is -0.113. The summed E-state index contributed by atoms with van der Waals surface area (Å²) in [6.45, 7) is 5.18. The molecule has 28 heavy (non-hydrogen) atoms. The molecule has 5 heteroatoms. The van der Waals surface area contributed by atoms with Gasteiger partial charge in [-0.3, -0.25) is 14.8 Å². The van der Waals surface area contributed by atoms with E-state index in [9.17, 15) is 9.18 Å². The molecule has 0 aliphatic rings. The van der Waals surface area contributed by atoms with E-state index >= 15 is 0 Å². The quantitative estimate of drug-likeness (QED) is 0.389. The second-order valence-electron chi connectivity index (χ2n) is 6.35. The van der Waals surface area contributed by atoms with Crippen molar-refractivity contribution in [2.75, 3.05) is 12.3 Å². The molecule has 0 aliphatic carbocycles. The fraction of sp³-hybridized carbons (Fsp3) is 0.0870. The summed E-state index contributed by atoms with van der Waals surface area (Å²) in [5.41, 5.74) is 11.2. The standard InChI is InChI=1S/C23H20FN3O/c1-3-19(28)14-26-13-18-12-16(7-9-22(18)25)20-5-4-10-27-23(20)17-6-8-21(24)15(2)11-17/h3-13H,1,14,25H2,2H3. The molecule has 0 saturated heterocycles. The van der Waals surface area contributed by atoms with Crippen LogP contribution in [0.4, 0.5) is 10.1 Å². The third kappa shape index (κ3) is 4.20. The number of benzene rings is 2. The van der Waals surface area contributed by atoms with Crippen LogP contribution >= 0.6 is 0 Å². The van der Waals surface area contributed by atoms with Gasteiger partial charge in [-0.05, 0) is 60.5 Å². The van der Waals surface area contributed by atoms with Crippen LogP contribution in [0, 0.1) is 12.7 Å². The van der Waals surface area contributed by atoms with Crippen molar-refractivity contribution in [1.82, 2.24) is 4.98 Å². The largest absolute Gasteiger partial charge is 0.398 e. The molecule has 1 aromatic heterocycles. The molecule has 0 aliphatic heterocycles. The van der Waals surface area contributed by atoms with E-state index in [1.165, 1.54) is 12.1 Å². The average Bonchev–Trinajstić information content (AvgIpc) is 2.71. The summed E-state index contributed by atoms with van der Waals surface area (Å²) in [5, 5.41) is 0. The minimum Gasteiger partial charge on any atom is -0.398 e. The van der Waals surface area contributed by atoms with Crippen molar-refractivity contribution in [3.05, 3.63) is 84.3 Å². The van der Waals surface area contributed by atoms with E-state index in [1.807, 2.05) is 24.3 Å². The number of aliphatic imine (C=N–C) groups is 1. The maximum absolute atomic E-state index is 13.7. The Morgan fingerprint density at radius 1 is 1.21 bits per heavy atom. The van der Waals surface area contributed by atoms with E-state index in [0.717, 1.165) is 22.4 Å². The van der Waals surface area contributed by atoms with Gasteiger partial charge in [-0.15, -0.1) is 0 Å². The second kappa shape index (κ2) is 8.39. The molecule has 0 fully saturated rings. The fourth-order valence-corrected chi connectivity index (χ4v) is 2.81. The highest BCUT2D eigenvalue weighted by molar-refractivity contribution is 5.95. The fourth-order valence-electron chi connectivity index (χ4n) is 2.81. The summed E-state index contributed by atoms with van der Waals surface area (Å²) < 4.78 is 13.7. The van der Waals surface area contributed by atoms with E-state index < -0.39 is 0 Å². The van der Waals surface area contributed by atoms with Crippen molar-refractivity contribution >= 4 is 17.7 Å². The Morgan fingerprint density at radius 2 is 2.00 bits per heavy atom. The molecule has 0 atom stereocenters. The monoisotopic (exact) mass is 373 g/mol. The Kier molecular flexibility index (Phi) is 5.75. The molecule has 2 N–H and O–H groups in total. The third-order valence-electron chi connectivity index (χ3n) is 4.34. The molecule has 0 amide bonds. The van der Waals surface area contributed by atoms with Crippen LogP contribution in [-0.4, -0.2) is 23.5 Å². The SMILES string of the molecule is C=CC(=O)CN=Cc1cc(-c2cccnc2-c2ccc(F)c(C)c2)ccc1N. The predicted molar refractivity (Wildman–Crippen MR) is 112 cm³/mol. The molecular weight excluding hydrogens is 353 g/mol. The van der Waals surface area contributed by atoms with Gasteiger partial charge in [-0.1, -0.05) is 18.7 Å². The van der Waals surface area contributed by atoms with E-state index in [-0.39, 0.29) is 18.1 Å². The third-order valence-corrected chi connectivity index (χ3v) is 4.34. The Hall–Kier alpha value is -3.60. The van der Waals surface area contributed by atoms with E-state index in [0.29, 0.717) is 16.8 Å². The van der Waals surface area contributed by atoms with Crippen LogP contribution < -0.4 is 5.73 Å². The first-order chi connectivity index (χ1) is 13.5. The molecule has 0 bridgehead atoms. The number of pyridine rings is 1. The number of aryl methyl sites for hydroxylation is 1. The van der Waals surface area contributed by atoms with Crippen LogP contribution in [0.25, 0.3) is 22.4 Å². The second-order valence-corrected chi connectivity index (χ2v) is 6.35. The van der Waals surface area contributed by atoms with Crippen molar-refractivity contribution in [2.45, 2.75) is 6.92 Å². The molecule has 0 radical (unpaired) electrons. The molecule has 4 nitrogen and oxygen atoms in total. The molecule has 0 spiro atoms. The van der Waals surface area contributed by atoms with Crippen molar-refractivity contribution < 1.29 is 9.18 Å². The average molecular weight is 373 g/mol. The number of nitrogens with two attached hydrogens (primary N) is 1. The molecule has 3 aromatic rings. The summed E-state index contributed by atoms with van der Waals surface area (Å²) in [6.07, 6.45) is 4.53. The first-order valence-electron chi connectivity index (χ1n) is 8.76. The highest BCUT2D eigenvalue weighted by Gasteiger charge is 2.11. The number of hydrogen-bond acceptors (Lipinski definition) is 4. The van der Waals surface area contributed by atoms with Crippen LogP contribution in [0.5, 0.6) is 0 Å². The van der Waals surface area contributed by atoms with Crippen LogP contribution in [0.1, 0.15) is 11.1 Å². The first kappa shape index (κ1) is 19.2. The number of nitrogens with zero attached hydrogens (tertiary/aromatic N) is 2. The van der Waals surface area contributed by atoms with Gasteiger partial charge in [0.25, 0.3) is 0 Å². The number of carbonyl (C=O) groups is 1. The maximum atomic E-state index is 13.7. The van der Waals surface area contributed by atoms with Gasteiger partial charge in [0, 0.05) is 34.8 Å². The summed E-state index contributed by atoms with van der Waals surface area (Å²) in [5.74, 6) is -0.409. The normalized spacial score (nSPS) is 10.9. The van der Waals surface area contributed by atoms with Crippen molar-refractivity contribution in [3.8, 4) is 22.4 Å². The lowest BCUT2D eigenvalue weighted by Crippen LogP contribution is -1.99. The number of hydrogen-bond donors (Lipinski definition) is 1. The minimum absolute atomic E-state index is 0.0279. The van der Waals surface area contributed by atoms with Crippen molar-refractivity contribution in [2.24, 2.45) is 4.99 Å². The number of rotatable bonds is 6. The smallest absolute Gasteiger partial charge is 0.176 e. The zero-order chi connectivity index (χ0) is 20.1. The van der Waals surface area contributed by atoms with Gasteiger partial charge in [0.1, 0.15) is 12.4 Å².